The molecule has 0 aromatic rings. The zero-order valence-electron chi connectivity index (χ0n) is 7.81. The second-order valence-electron chi connectivity index (χ2n) is 3.05. The van der Waals surface area contributed by atoms with Gasteiger partial charge in [0.15, 0.2) is 0 Å². The van der Waals surface area contributed by atoms with Crippen molar-refractivity contribution in [3.05, 3.63) is 12.8 Å². The second kappa shape index (κ2) is 7.64. The highest BCUT2D eigenvalue weighted by Crippen LogP contribution is 2.10. The quantitative estimate of drug-likeness (QED) is 0.405. The van der Waals surface area contributed by atoms with Crippen LogP contribution in [0.25, 0.3) is 0 Å². The van der Waals surface area contributed by atoms with Crippen LogP contribution in [0.15, 0.2) is 12.8 Å². The van der Waals surface area contributed by atoms with Crippen LogP contribution < -0.4 is 0 Å². The minimum atomic E-state index is 0.833. The fraction of sp³-hybridized carbons (Fsp3) is 0.800. The Bertz CT molecular complexity index is 88.9. The zero-order chi connectivity index (χ0) is 8.53. The van der Waals surface area contributed by atoms with Crippen LogP contribution in [0.3, 0.4) is 0 Å². The van der Waals surface area contributed by atoms with Gasteiger partial charge >= 0.3 is 0 Å². The summed E-state index contributed by atoms with van der Waals surface area (Å²) in [5, 5.41) is 0. The molecule has 0 saturated carbocycles. The Hall–Kier alpha value is -0.460. The first-order valence-electron chi connectivity index (χ1n) is 4.53. The van der Waals surface area contributed by atoms with Gasteiger partial charge in [-0.25, -0.2) is 0 Å². The van der Waals surface area contributed by atoms with Crippen LogP contribution in [-0.2, 0) is 4.74 Å². The van der Waals surface area contributed by atoms with E-state index in [1.54, 1.807) is 0 Å². The summed E-state index contributed by atoms with van der Waals surface area (Å²) >= 11 is 0. The van der Waals surface area contributed by atoms with Crippen LogP contribution >= 0.6 is 0 Å². The summed E-state index contributed by atoms with van der Waals surface area (Å²) in [7, 11) is 0. The number of rotatable bonds is 7. The van der Waals surface area contributed by atoms with E-state index in [0.29, 0.717) is 0 Å². The molecule has 1 heteroatoms. The number of hydrogen-bond donors (Lipinski definition) is 0. The maximum Gasteiger partial charge on any atom is 0.0873 e. The first kappa shape index (κ1) is 10.5. The lowest BCUT2D eigenvalue weighted by atomic mass is 10.0. The zero-order valence-corrected chi connectivity index (χ0v) is 7.81. The van der Waals surface area contributed by atoms with Crippen molar-refractivity contribution >= 4 is 0 Å². The number of ether oxygens (including phenoxy) is 1. The van der Waals surface area contributed by atoms with Crippen LogP contribution in [0.5, 0.6) is 0 Å². The van der Waals surface area contributed by atoms with Crippen molar-refractivity contribution in [1.82, 2.24) is 0 Å². The lowest BCUT2D eigenvalue weighted by Gasteiger charge is -2.06. The number of hydrogen-bond acceptors (Lipinski definition) is 1. The highest BCUT2D eigenvalue weighted by molar-refractivity contribution is 4.52. The molecule has 0 aliphatic rings. The fourth-order valence-corrected chi connectivity index (χ4v) is 0.966. The Morgan fingerprint density at radius 1 is 1.45 bits per heavy atom. The third-order valence-corrected chi connectivity index (χ3v) is 2.02. The molecule has 0 spiro atoms. The average molecular weight is 156 g/mol. The van der Waals surface area contributed by atoms with Gasteiger partial charge in [0.1, 0.15) is 0 Å². The van der Waals surface area contributed by atoms with Gasteiger partial charge in [-0.1, -0.05) is 33.3 Å². The maximum atomic E-state index is 5.01. The summed E-state index contributed by atoms with van der Waals surface area (Å²) in [4.78, 5) is 0. The molecular formula is C10H20O. The van der Waals surface area contributed by atoms with E-state index in [1.807, 2.05) is 0 Å². The number of unbranched alkanes of at least 4 members (excludes halogenated alkanes) is 1. The van der Waals surface area contributed by atoms with Crippen LogP contribution in [0, 0.1) is 5.92 Å². The smallest absolute Gasteiger partial charge is 0.0873 e. The third kappa shape index (κ3) is 7.44. The van der Waals surface area contributed by atoms with Gasteiger partial charge in [-0.05, 0) is 18.8 Å². The van der Waals surface area contributed by atoms with E-state index in [4.69, 9.17) is 4.74 Å². The van der Waals surface area contributed by atoms with Crippen molar-refractivity contribution < 1.29 is 4.74 Å². The van der Waals surface area contributed by atoms with Crippen LogP contribution in [-0.4, -0.2) is 6.61 Å². The molecule has 0 amide bonds. The van der Waals surface area contributed by atoms with Crippen LogP contribution in [0.4, 0.5) is 0 Å². The van der Waals surface area contributed by atoms with Gasteiger partial charge in [-0.15, -0.1) is 0 Å². The molecule has 0 aromatic heterocycles. The predicted molar refractivity (Wildman–Crippen MR) is 49.5 cm³/mol. The molecule has 1 nitrogen and oxygen atoms in total. The summed E-state index contributed by atoms with van der Waals surface area (Å²) in [6, 6.07) is 0. The summed E-state index contributed by atoms with van der Waals surface area (Å²) in [5.74, 6) is 0.874. The third-order valence-electron chi connectivity index (χ3n) is 2.02. The molecule has 0 aliphatic carbocycles. The Kier molecular flexibility index (Phi) is 7.33. The van der Waals surface area contributed by atoms with E-state index < -0.39 is 0 Å². The molecule has 0 aromatic carbocycles. The lowest BCUT2D eigenvalue weighted by Crippen LogP contribution is -1.94. The first-order chi connectivity index (χ1) is 5.31. The SMILES string of the molecule is C=COCCCCC(C)CC. The van der Waals surface area contributed by atoms with Gasteiger partial charge in [0.05, 0.1) is 12.9 Å². The average Bonchev–Trinajstić information content (AvgIpc) is 2.04. The normalized spacial score (nSPS) is 12.5. The van der Waals surface area contributed by atoms with Gasteiger partial charge in [0.25, 0.3) is 0 Å². The predicted octanol–water partition coefficient (Wildman–Crippen LogP) is 3.36. The summed E-state index contributed by atoms with van der Waals surface area (Å²) < 4.78 is 5.01. The van der Waals surface area contributed by atoms with E-state index in [0.717, 1.165) is 18.9 Å². The Labute approximate surface area is 70.4 Å². The molecule has 11 heavy (non-hydrogen) atoms. The molecule has 66 valence electrons. The molecule has 1 unspecified atom stereocenters. The van der Waals surface area contributed by atoms with E-state index in [-0.39, 0.29) is 0 Å². The molecule has 0 aliphatic heterocycles. The van der Waals surface area contributed by atoms with Gasteiger partial charge in [0, 0.05) is 0 Å². The van der Waals surface area contributed by atoms with Crippen LogP contribution in [0.1, 0.15) is 39.5 Å². The summed E-state index contributed by atoms with van der Waals surface area (Å²) in [6.07, 6.45) is 6.59. The summed E-state index contributed by atoms with van der Waals surface area (Å²) in [5.41, 5.74) is 0. The van der Waals surface area contributed by atoms with E-state index in [1.165, 1.54) is 25.5 Å². The second-order valence-corrected chi connectivity index (χ2v) is 3.05. The molecule has 0 N–H and O–H groups in total. The minimum Gasteiger partial charge on any atom is -0.502 e. The standard InChI is InChI=1S/C10H20O/c1-4-10(3)8-6-7-9-11-5-2/h5,10H,2,4,6-9H2,1,3H3. The molecule has 0 radical (unpaired) electrons. The van der Waals surface area contributed by atoms with E-state index >= 15 is 0 Å². The molecule has 0 bridgehead atoms. The van der Waals surface area contributed by atoms with Crippen molar-refractivity contribution in [1.29, 1.82) is 0 Å². The Morgan fingerprint density at radius 2 is 2.18 bits per heavy atom. The molecule has 0 saturated heterocycles. The van der Waals surface area contributed by atoms with Gasteiger partial charge in [0.2, 0.25) is 0 Å². The highest BCUT2D eigenvalue weighted by atomic mass is 16.5. The fourth-order valence-electron chi connectivity index (χ4n) is 0.966. The molecule has 0 fully saturated rings. The maximum absolute atomic E-state index is 5.01. The monoisotopic (exact) mass is 156 g/mol. The largest absolute Gasteiger partial charge is 0.502 e. The van der Waals surface area contributed by atoms with Gasteiger partial charge in [-0.3, -0.25) is 0 Å². The lowest BCUT2D eigenvalue weighted by molar-refractivity contribution is 0.239. The van der Waals surface area contributed by atoms with Crippen molar-refractivity contribution in [2.75, 3.05) is 6.61 Å². The molecule has 1 atom stereocenters. The molecule has 0 heterocycles. The van der Waals surface area contributed by atoms with Gasteiger partial charge < -0.3 is 4.74 Å². The highest BCUT2D eigenvalue weighted by Gasteiger charge is 1.97. The molecule has 0 rings (SSSR count). The topological polar surface area (TPSA) is 9.23 Å². The van der Waals surface area contributed by atoms with E-state index in [2.05, 4.69) is 20.4 Å². The van der Waals surface area contributed by atoms with E-state index in [9.17, 15) is 0 Å². The Morgan fingerprint density at radius 3 is 2.73 bits per heavy atom. The minimum absolute atomic E-state index is 0.833. The summed E-state index contributed by atoms with van der Waals surface area (Å²) in [6.45, 7) is 8.86. The van der Waals surface area contributed by atoms with Crippen molar-refractivity contribution in [2.24, 2.45) is 5.92 Å². The first-order valence-corrected chi connectivity index (χ1v) is 4.53. The van der Waals surface area contributed by atoms with Crippen LogP contribution in [0.2, 0.25) is 0 Å². The van der Waals surface area contributed by atoms with Crippen molar-refractivity contribution in [2.45, 2.75) is 39.5 Å². The van der Waals surface area contributed by atoms with Gasteiger partial charge in [-0.2, -0.15) is 0 Å². The van der Waals surface area contributed by atoms with Crippen molar-refractivity contribution in [3.8, 4) is 0 Å². The Balaban J connectivity index is 2.95. The molecular weight excluding hydrogens is 136 g/mol. The van der Waals surface area contributed by atoms with Crippen molar-refractivity contribution in [3.63, 3.8) is 0 Å².